The molecule has 2 fully saturated rings. The van der Waals surface area contributed by atoms with E-state index in [1.54, 1.807) is 0 Å². The highest BCUT2D eigenvalue weighted by molar-refractivity contribution is 4.66. The van der Waals surface area contributed by atoms with Gasteiger partial charge in [0, 0.05) is 26.1 Å². The van der Waals surface area contributed by atoms with Crippen molar-refractivity contribution in [3.63, 3.8) is 0 Å². The van der Waals surface area contributed by atoms with Crippen LogP contribution in [0.2, 0.25) is 0 Å². The van der Waals surface area contributed by atoms with Crippen LogP contribution < -0.4 is 0 Å². The van der Waals surface area contributed by atoms with E-state index in [0.717, 1.165) is 38.9 Å². The van der Waals surface area contributed by atoms with Gasteiger partial charge in [0.15, 0.2) is 12.6 Å². The molecule has 0 N–H and O–H groups in total. The summed E-state index contributed by atoms with van der Waals surface area (Å²) in [6.07, 6.45) is 4.25. The van der Waals surface area contributed by atoms with Crippen molar-refractivity contribution in [2.45, 2.75) is 52.1 Å². The zero-order valence-electron chi connectivity index (χ0n) is 9.78. The lowest BCUT2D eigenvalue weighted by atomic mass is 10.0. The molecule has 0 aromatic heterocycles. The number of hydrogen-bond donors (Lipinski definition) is 0. The highest BCUT2D eigenvalue weighted by atomic mass is 16.8. The van der Waals surface area contributed by atoms with E-state index in [9.17, 15) is 0 Å². The SMILES string of the molecule is CC1CCOC(OC2CC(C)CCO2)C1. The molecule has 0 bridgehead atoms. The molecule has 4 unspecified atom stereocenters. The van der Waals surface area contributed by atoms with E-state index in [1.165, 1.54) is 0 Å². The van der Waals surface area contributed by atoms with E-state index in [4.69, 9.17) is 14.2 Å². The summed E-state index contributed by atoms with van der Waals surface area (Å²) in [5.41, 5.74) is 0. The van der Waals surface area contributed by atoms with E-state index in [0.29, 0.717) is 11.8 Å². The van der Waals surface area contributed by atoms with Gasteiger partial charge in [-0.25, -0.2) is 0 Å². The van der Waals surface area contributed by atoms with Gasteiger partial charge in [0.05, 0.1) is 0 Å². The largest absolute Gasteiger partial charge is 0.353 e. The molecule has 0 aromatic rings. The van der Waals surface area contributed by atoms with Gasteiger partial charge in [0.2, 0.25) is 0 Å². The van der Waals surface area contributed by atoms with E-state index in [1.807, 2.05) is 0 Å². The van der Waals surface area contributed by atoms with Crippen molar-refractivity contribution in [2.24, 2.45) is 11.8 Å². The molecule has 2 heterocycles. The Balaban J connectivity index is 1.75. The summed E-state index contributed by atoms with van der Waals surface area (Å²) in [5, 5.41) is 0. The minimum atomic E-state index is -0.0379. The first-order chi connectivity index (χ1) is 7.24. The Kier molecular flexibility index (Phi) is 4.00. The summed E-state index contributed by atoms with van der Waals surface area (Å²) in [5.74, 6) is 1.43. The van der Waals surface area contributed by atoms with Crippen molar-refractivity contribution in [3.05, 3.63) is 0 Å². The molecule has 88 valence electrons. The maximum atomic E-state index is 5.83. The third-order valence-corrected chi connectivity index (χ3v) is 3.32. The Labute approximate surface area is 92.1 Å². The lowest BCUT2D eigenvalue weighted by Crippen LogP contribution is -2.35. The molecule has 2 aliphatic rings. The van der Waals surface area contributed by atoms with Gasteiger partial charge < -0.3 is 14.2 Å². The van der Waals surface area contributed by atoms with Crippen LogP contribution in [0.1, 0.15) is 39.5 Å². The predicted octanol–water partition coefficient (Wildman–Crippen LogP) is 2.55. The molecule has 2 rings (SSSR count). The van der Waals surface area contributed by atoms with Gasteiger partial charge >= 0.3 is 0 Å². The Bertz CT molecular complexity index is 175. The van der Waals surface area contributed by atoms with E-state index in [-0.39, 0.29) is 12.6 Å². The van der Waals surface area contributed by atoms with Gasteiger partial charge in [-0.05, 0) is 24.7 Å². The monoisotopic (exact) mass is 214 g/mol. The van der Waals surface area contributed by atoms with Crippen molar-refractivity contribution in [1.82, 2.24) is 0 Å². The van der Waals surface area contributed by atoms with Crippen molar-refractivity contribution < 1.29 is 14.2 Å². The Morgan fingerprint density at radius 1 is 0.867 bits per heavy atom. The van der Waals surface area contributed by atoms with E-state index >= 15 is 0 Å². The number of hydrogen-bond acceptors (Lipinski definition) is 3. The molecule has 0 saturated carbocycles. The molecule has 0 radical (unpaired) electrons. The smallest absolute Gasteiger partial charge is 0.160 e. The molecular formula is C12H22O3. The molecule has 0 aromatic carbocycles. The van der Waals surface area contributed by atoms with Crippen molar-refractivity contribution in [3.8, 4) is 0 Å². The van der Waals surface area contributed by atoms with Gasteiger partial charge in [0.25, 0.3) is 0 Å². The van der Waals surface area contributed by atoms with E-state index < -0.39 is 0 Å². The van der Waals surface area contributed by atoms with Crippen molar-refractivity contribution in [1.29, 1.82) is 0 Å². The predicted molar refractivity (Wildman–Crippen MR) is 57.4 cm³/mol. The third-order valence-electron chi connectivity index (χ3n) is 3.32. The first-order valence-electron chi connectivity index (χ1n) is 6.12. The van der Waals surface area contributed by atoms with Crippen molar-refractivity contribution >= 4 is 0 Å². The quantitative estimate of drug-likeness (QED) is 0.707. The molecule has 15 heavy (non-hydrogen) atoms. The average Bonchev–Trinajstić information content (AvgIpc) is 2.17. The van der Waals surface area contributed by atoms with Crippen molar-refractivity contribution in [2.75, 3.05) is 13.2 Å². The molecule has 2 saturated heterocycles. The first kappa shape index (κ1) is 11.4. The number of rotatable bonds is 2. The zero-order chi connectivity index (χ0) is 10.7. The second kappa shape index (κ2) is 5.28. The lowest BCUT2D eigenvalue weighted by Gasteiger charge is -2.33. The maximum absolute atomic E-state index is 5.83. The summed E-state index contributed by atoms with van der Waals surface area (Å²) in [4.78, 5) is 0. The van der Waals surface area contributed by atoms with Crippen LogP contribution in [-0.4, -0.2) is 25.8 Å². The molecule has 0 spiro atoms. The number of ether oxygens (including phenoxy) is 3. The first-order valence-corrected chi connectivity index (χ1v) is 6.12. The highest BCUT2D eigenvalue weighted by Crippen LogP contribution is 2.26. The Hall–Kier alpha value is -0.120. The van der Waals surface area contributed by atoms with Crippen LogP contribution in [-0.2, 0) is 14.2 Å². The maximum Gasteiger partial charge on any atom is 0.160 e. The van der Waals surface area contributed by atoms with Crippen LogP contribution in [0.25, 0.3) is 0 Å². The fourth-order valence-electron chi connectivity index (χ4n) is 2.19. The fourth-order valence-corrected chi connectivity index (χ4v) is 2.19. The summed E-state index contributed by atoms with van der Waals surface area (Å²) >= 11 is 0. The fraction of sp³-hybridized carbons (Fsp3) is 1.00. The lowest BCUT2D eigenvalue weighted by molar-refractivity contribution is -0.273. The topological polar surface area (TPSA) is 27.7 Å². The highest BCUT2D eigenvalue weighted by Gasteiger charge is 2.26. The van der Waals surface area contributed by atoms with E-state index in [2.05, 4.69) is 13.8 Å². The van der Waals surface area contributed by atoms with Gasteiger partial charge in [-0.2, -0.15) is 0 Å². The molecule has 0 aliphatic carbocycles. The van der Waals surface area contributed by atoms with Crippen LogP contribution in [0, 0.1) is 11.8 Å². The normalized spacial score (nSPS) is 42.8. The summed E-state index contributed by atoms with van der Waals surface area (Å²) < 4.78 is 17.0. The van der Waals surface area contributed by atoms with Crippen LogP contribution in [0.5, 0.6) is 0 Å². The van der Waals surface area contributed by atoms with Gasteiger partial charge in [0.1, 0.15) is 0 Å². The minimum Gasteiger partial charge on any atom is -0.353 e. The Morgan fingerprint density at radius 3 is 1.73 bits per heavy atom. The second-order valence-corrected chi connectivity index (χ2v) is 5.00. The van der Waals surface area contributed by atoms with Crippen LogP contribution in [0.4, 0.5) is 0 Å². The molecule has 3 heteroatoms. The molecule has 0 amide bonds. The zero-order valence-corrected chi connectivity index (χ0v) is 9.78. The minimum absolute atomic E-state index is 0.0379. The third kappa shape index (κ3) is 3.44. The molecule has 2 aliphatic heterocycles. The summed E-state index contributed by atoms with van der Waals surface area (Å²) in [7, 11) is 0. The van der Waals surface area contributed by atoms with Gasteiger partial charge in [-0.1, -0.05) is 13.8 Å². The van der Waals surface area contributed by atoms with Crippen LogP contribution >= 0.6 is 0 Å². The molecule has 4 atom stereocenters. The standard InChI is InChI=1S/C12H22O3/c1-9-3-5-13-11(7-9)15-12-8-10(2)4-6-14-12/h9-12H,3-8H2,1-2H3. The Morgan fingerprint density at radius 2 is 1.33 bits per heavy atom. The summed E-state index contributed by atoms with van der Waals surface area (Å²) in [6, 6.07) is 0. The second-order valence-electron chi connectivity index (χ2n) is 5.00. The van der Waals surface area contributed by atoms with Gasteiger partial charge in [-0.15, -0.1) is 0 Å². The van der Waals surface area contributed by atoms with Crippen LogP contribution in [0.15, 0.2) is 0 Å². The molecule has 3 nitrogen and oxygen atoms in total. The summed E-state index contributed by atoms with van der Waals surface area (Å²) in [6.45, 7) is 6.16. The van der Waals surface area contributed by atoms with Gasteiger partial charge in [-0.3, -0.25) is 0 Å². The van der Waals surface area contributed by atoms with Crippen LogP contribution in [0.3, 0.4) is 0 Å². The molecular weight excluding hydrogens is 192 g/mol. The average molecular weight is 214 g/mol.